The van der Waals surface area contributed by atoms with Crippen LogP contribution >= 0.6 is 11.6 Å². The Morgan fingerprint density at radius 3 is 2.27 bits per heavy atom. The number of carbonyl (C=O) groups is 3. The van der Waals surface area contributed by atoms with Gasteiger partial charge in [0.15, 0.2) is 0 Å². The van der Waals surface area contributed by atoms with Crippen LogP contribution in [-0.4, -0.2) is 35.7 Å². The molecule has 1 saturated carbocycles. The normalized spacial score (nSPS) is 18.7. The summed E-state index contributed by atoms with van der Waals surface area (Å²) in [6, 6.07) is 7.23. The van der Waals surface area contributed by atoms with E-state index in [1.54, 1.807) is 17.0 Å². The van der Waals surface area contributed by atoms with Crippen LogP contribution in [0.3, 0.4) is 0 Å². The van der Waals surface area contributed by atoms with E-state index in [1.165, 1.54) is 6.08 Å². The average Bonchev–Trinajstić information content (AvgIpc) is 3.48. The van der Waals surface area contributed by atoms with Crippen molar-refractivity contribution in [3.8, 4) is 0 Å². The second-order valence-electron chi connectivity index (χ2n) is 6.84. The number of benzene rings is 1. The maximum Gasteiger partial charge on any atom is 0.249 e. The van der Waals surface area contributed by atoms with Gasteiger partial charge in [-0.1, -0.05) is 30.3 Å². The summed E-state index contributed by atoms with van der Waals surface area (Å²) in [7, 11) is 0. The van der Waals surface area contributed by atoms with E-state index in [1.807, 2.05) is 12.1 Å². The molecule has 2 fully saturated rings. The minimum atomic E-state index is -0.572. The molecule has 2 aliphatic rings. The molecule has 138 valence electrons. The Labute approximate surface area is 157 Å². The molecule has 1 aromatic rings. The van der Waals surface area contributed by atoms with Gasteiger partial charge in [0.25, 0.3) is 0 Å². The molecule has 26 heavy (non-hydrogen) atoms. The molecule has 1 saturated heterocycles. The van der Waals surface area contributed by atoms with Gasteiger partial charge in [-0.2, -0.15) is 0 Å². The Morgan fingerprint density at radius 1 is 1.12 bits per heavy atom. The predicted molar refractivity (Wildman–Crippen MR) is 98.2 cm³/mol. The number of hydrazine groups is 1. The van der Waals surface area contributed by atoms with E-state index in [-0.39, 0.29) is 23.6 Å². The minimum absolute atomic E-state index is 0.115. The lowest BCUT2D eigenvalue weighted by Crippen LogP contribution is -2.50. The topological polar surface area (TPSA) is 78.5 Å². The summed E-state index contributed by atoms with van der Waals surface area (Å²) in [5, 5.41) is 0.625. The summed E-state index contributed by atoms with van der Waals surface area (Å²) in [5.41, 5.74) is 5.46. The molecule has 0 atom stereocenters. The third-order valence-electron chi connectivity index (χ3n) is 5.23. The largest absolute Gasteiger partial charge is 0.339 e. The van der Waals surface area contributed by atoms with Crippen LogP contribution in [0.2, 0.25) is 5.02 Å². The molecular formula is C19H22ClN3O3. The molecular weight excluding hydrogens is 354 g/mol. The van der Waals surface area contributed by atoms with Gasteiger partial charge in [0, 0.05) is 24.0 Å². The SMILES string of the molecule is C=CC(=O)N1CCC(C(=O)NNC(=O)C2(c3ccc(Cl)cc3)CC2)CC1. The molecule has 7 heteroatoms. The van der Waals surface area contributed by atoms with Gasteiger partial charge in [-0.05, 0) is 49.5 Å². The third-order valence-corrected chi connectivity index (χ3v) is 5.48. The van der Waals surface area contributed by atoms with E-state index in [0.29, 0.717) is 31.0 Å². The van der Waals surface area contributed by atoms with Gasteiger partial charge in [0.05, 0.1) is 5.41 Å². The molecule has 6 nitrogen and oxygen atoms in total. The molecule has 3 amide bonds. The molecule has 1 heterocycles. The number of carbonyl (C=O) groups excluding carboxylic acids is 3. The van der Waals surface area contributed by atoms with Crippen LogP contribution in [-0.2, 0) is 19.8 Å². The van der Waals surface area contributed by atoms with Crippen molar-refractivity contribution in [3.63, 3.8) is 0 Å². The lowest BCUT2D eigenvalue weighted by atomic mass is 9.95. The summed E-state index contributed by atoms with van der Waals surface area (Å²) in [6.07, 6.45) is 3.93. The molecule has 0 radical (unpaired) electrons. The van der Waals surface area contributed by atoms with Crippen molar-refractivity contribution in [2.45, 2.75) is 31.1 Å². The van der Waals surface area contributed by atoms with Crippen LogP contribution in [0.1, 0.15) is 31.2 Å². The van der Waals surface area contributed by atoms with Crippen LogP contribution in [0.5, 0.6) is 0 Å². The number of nitrogens with one attached hydrogen (secondary N) is 2. The van der Waals surface area contributed by atoms with E-state index in [9.17, 15) is 14.4 Å². The molecule has 1 aliphatic heterocycles. The van der Waals surface area contributed by atoms with Crippen molar-refractivity contribution in [2.24, 2.45) is 5.92 Å². The van der Waals surface area contributed by atoms with Gasteiger partial charge in [-0.3, -0.25) is 25.2 Å². The second-order valence-corrected chi connectivity index (χ2v) is 7.27. The fourth-order valence-electron chi connectivity index (χ4n) is 3.37. The first-order valence-corrected chi connectivity index (χ1v) is 9.12. The first kappa shape index (κ1) is 18.5. The van der Waals surface area contributed by atoms with Crippen molar-refractivity contribution in [2.75, 3.05) is 13.1 Å². The first-order valence-electron chi connectivity index (χ1n) is 8.74. The van der Waals surface area contributed by atoms with Crippen LogP contribution in [0.25, 0.3) is 0 Å². The molecule has 1 aliphatic carbocycles. The third kappa shape index (κ3) is 3.75. The smallest absolute Gasteiger partial charge is 0.249 e. The van der Waals surface area contributed by atoms with Gasteiger partial charge in [0.2, 0.25) is 17.7 Å². The van der Waals surface area contributed by atoms with Crippen molar-refractivity contribution in [3.05, 3.63) is 47.5 Å². The number of piperidine rings is 1. The first-order chi connectivity index (χ1) is 12.5. The van der Waals surface area contributed by atoms with Crippen LogP contribution < -0.4 is 10.9 Å². The number of hydrogen-bond donors (Lipinski definition) is 2. The summed E-state index contributed by atoms with van der Waals surface area (Å²) in [6.45, 7) is 4.51. The number of nitrogens with zero attached hydrogens (tertiary/aromatic N) is 1. The number of rotatable bonds is 4. The van der Waals surface area contributed by atoms with Crippen molar-refractivity contribution in [1.29, 1.82) is 0 Å². The Hall–Kier alpha value is -2.34. The fraction of sp³-hybridized carbons (Fsp3) is 0.421. The summed E-state index contributed by atoms with van der Waals surface area (Å²) < 4.78 is 0. The van der Waals surface area contributed by atoms with Crippen molar-refractivity contribution >= 4 is 29.3 Å². The molecule has 2 N–H and O–H groups in total. The number of amides is 3. The predicted octanol–water partition coefficient (Wildman–Crippen LogP) is 1.94. The Kier molecular flexibility index (Phi) is 5.32. The van der Waals surface area contributed by atoms with Gasteiger partial charge < -0.3 is 4.90 Å². The number of hydrogen-bond acceptors (Lipinski definition) is 3. The second kappa shape index (κ2) is 7.50. The molecule has 3 rings (SSSR count). The highest BCUT2D eigenvalue weighted by Crippen LogP contribution is 2.48. The molecule has 0 aromatic heterocycles. The lowest BCUT2D eigenvalue weighted by molar-refractivity contribution is -0.135. The number of halogens is 1. The molecule has 0 bridgehead atoms. The highest BCUT2D eigenvalue weighted by atomic mass is 35.5. The van der Waals surface area contributed by atoms with Crippen LogP contribution in [0.4, 0.5) is 0 Å². The minimum Gasteiger partial charge on any atom is -0.339 e. The zero-order valence-electron chi connectivity index (χ0n) is 14.5. The Balaban J connectivity index is 1.50. The zero-order chi connectivity index (χ0) is 18.7. The van der Waals surface area contributed by atoms with Crippen LogP contribution in [0, 0.1) is 5.92 Å². The van der Waals surface area contributed by atoms with E-state index < -0.39 is 5.41 Å². The molecule has 0 unspecified atom stereocenters. The maximum atomic E-state index is 12.6. The summed E-state index contributed by atoms with van der Waals surface area (Å²) in [4.78, 5) is 38.1. The van der Waals surface area contributed by atoms with Gasteiger partial charge in [-0.15, -0.1) is 0 Å². The lowest BCUT2D eigenvalue weighted by Gasteiger charge is -2.30. The van der Waals surface area contributed by atoms with Gasteiger partial charge >= 0.3 is 0 Å². The molecule has 0 spiro atoms. The van der Waals surface area contributed by atoms with E-state index >= 15 is 0 Å². The maximum absolute atomic E-state index is 12.6. The zero-order valence-corrected chi connectivity index (χ0v) is 15.2. The van der Waals surface area contributed by atoms with Crippen molar-refractivity contribution in [1.82, 2.24) is 15.8 Å². The summed E-state index contributed by atoms with van der Waals surface area (Å²) >= 11 is 5.90. The number of likely N-dealkylation sites (tertiary alicyclic amines) is 1. The fourth-order valence-corrected chi connectivity index (χ4v) is 3.50. The summed E-state index contributed by atoms with van der Waals surface area (Å²) in [5.74, 6) is -0.742. The molecule has 1 aromatic carbocycles. The average molecular weight is 376 g/mol. The van der Waals surface area contributed by atoms with Gasteiger partial charge in [-0.25, -0.2) is 0 Å². The van der Waals surface area contributed by atoms with E-state index in [4.69, 9.17) is 11.6 Å². The highest BCUT2D eigenvalue weighted by molar-refractivity contribution is 6.30. The van der Waals surface area contributed by atoms with Crippen LogP contribution in [0.15, 0.2) is 36.9 Å². The monoisotopic (exact) mass is 375 g/mol. The quantitative estimate of drug-likeness (QED) is 0.623. The van der Waals surface area contributed by atoms with Crippen molar-refractivity contribution < 1.29 is 14.4 Å². The Bertz CT molecular complexity index is 720. The van der Waals surface area contributed by atoms with E-state index in [2.05, 4.69) is 17.4 Å². The highest BCUT2D eigenvalue weighted by Gasteiger charge is 2.51. The van der Waals surface area contributed by atoms with E-state index in [0.717, 1.165) is 18.4 Å². The van der Waals surface area contributed by atoms with Gasteiger partial charge in [0.1, 0.15) is 0 Å². The standard InChI is InChI=1S/C19H22ClN3O3/c1-2-16(24)23-11-7-13(8-12-23)17(25)21-22-18(26)19(9-10-19)14-3-5-15(20)6-4-14/h2-6,13H,1,7-12H2,(H,21,25)(H,22,26). The Morgan fingerprint density at radius 2 is 1.73 bits per heavy atom.